The first-order valence-corrected chi connectivity index (χ1v) is 13.5. The van der Waals surface area contributed by atoms with Crippen LogP contribution < -0.4 is 0 Å². The fourth-order valence-electron chi connectivity index (χ4n) is 5.48. The highest BCUT2D eigenvalue weighted by Gasteiger charge is 2.54. The molecule has 3 rings (SSSR count). The molecule has 0 spiro atoms. The van der Waals surface area contributed by atoms with Crippen LogP contribution in [0.1, 0.15) is 53.4 Å². The Kier molecular flexibility index (Phi) is 4.51. The zero-order valence-electron chi connectivity index (χ0n) is 17.1. The Hall–Kier alpha value is -1.01. The van der Waals surface area contributed by atoms with Gasteiger partial charge < -0.3 is 4.74 Å². The van der Waals surface area contributed by atoms with Crippen LogP contribution >= 0.6 is 0 Å². The molecular weight excluding hydrogens is 322 g/mol. The Morgan fingerprint density at radius 2 is 1.88 bits per heavy atom. The number of nitriles is 1. The molecule has 2 bridgehead atoms. The van der Waals surface area contributed by atoms with Gasteiger partial charge in [-0.05, 0) is 51.0 Å². The first kappa shape index (κ1) is 18.8. The van der Waals surface area contributed by atoms with Crippen LogP contribution in [0.2, 0.25) is 19.6 Å². The molecule has 1 unspecified atom stereocenters. The van der Waals surface area contributed by atoms with Crippen molar-refractivity contribution in [2.75, 3.05) is 0 Å². The van der Waals surface area contributed by atoms with Crippen LogP contribution in [-0.4, -0.2) is 14.2 Å². The van der Waals surface area contributed by atoms with Crippen molar-refractivity contribution in [3.8, 4) is 6.07 Å². The highest BCUT2D eigenvalue weighted by molar-refractivity contribution is 6.83. The van der Waals surface area contributed by atoms with E-state index in [1.54, 1.807) is 0 Å². The van der Waals surface area contributed by atoms with Gasteiger partial charge in [-0.15, -0.1) is 0 Å². The van der Waals surface area contributed by atoms with Gasteiger partial charge in [0.05, 0.1) is 25.3 Å². The highest BCUT2D eigenvalue weighted by atomic mass is 28.3. The largest absolute Gasteiger partial charge is 0.494 e. The third kappa shape index (κ3) is 3.23. The summed E-state index contributed by atoms with van der Waals surface area (Å²) in [5.41, 5.74) is -0.0635. The quantitative estimate of drug-likeness (QED) is 0.571. The summed E-state index contributed by atoms with van der Waals surface area (Å²) in [7, 11) is -1.45. The summed E-state index contributed by atoms with van der Waals surface area (Å²) in [5, 5.41) is 11.3. The highest BCUT2D eigenvalue weighted by Crippen LogP contribution is 2.57. The molecule has 3 heteroatoms. The van der Waals surface area contributed by atoms with Crippen molar-refractivity contribution in [3.63, 3.8) is 0 Å². The molecule has 2 saturated carbocycles. The summed E-state index contributed by atoms with van der Waals surface area (Å²) in [4.78, 5) is 0. The van der Waals surface area contributed by atoms with Crippen molar-refractivity contribution in [2.45, 2.75) is 79.1 Å². The van der Waals surface area contributed by atoms with Gasteiger partial charge in [0.2, 0.25) is 0 Å². The molecular formula is C22H35NOSi. The van der Waals surface area contributed by atoms with E-state index in [9.17, 15) is 5.26 Å². The Labute approximate surface area is 155 Å². The molecule has 0 radical (unpaired) electrons. The second-order valence-corrected chi connectivity index (χ2v) is 15.8. The van der Waals surface area contributed by atoms with Gasteiger partial charge >= 0.3 is 0 Å². The van der Waals surface area contributed by atoms with E-state index < -0.39 is 8.07 Å². The summed E-state index contributed by atoms with van der Waals surface area (Å²) < 4.78 is 6.65. The molecule has 3 aliphatic carbocycles. The van der Waals surface area contributed by atoms with Gasteiger partial charge in [-0.2, -0.15) is 5.26 Å². The van der Waals surface area contributed by atoms with Gasteiger partial charge in [0.15, 0.2) is 0 Å². The van der Waals surface area contributed by atoms with E-state index in [1.807, 2.05) is 0 Å². The van der Waals surface area contributed by atoms with E-state index in [4.69, 9.17) is 4.74 Å². The number of allylic oxidation sites excluding steroid dienone is 4. The molecule has 0 aromatic carbocycles. The Morgan fingerprint density at radius 1 is 1.20 bits per heavy atom. The molecule has 0 aliphatic heterocycles. The summed E-state index contributed by atoms with van der Waals surface area (Å²) in [6.45, 7) is 16.1. The standard InChI is InChI=1S/C22H35NOSi/c1-21(2,14-23)18-13-17(10-11-19(18)25(5,6)7)24-20-15-8-9-16(12-15)22(20,3)4/h10-11,15-16,18,20H,8-9,12-13H2,1-7H3/t15-,16+,18?,20-/m1/s1. The SMILES string of the molecule is CC(C)(C#N)C1CC(O[C@@H]2[C@@H]3CC[C@@H](C3)C2(C)C)=CC=C1[Si](C)(C)C. The van der Waals surface area contributed by atoms with Crippen molar-refractivity contribution in [3.05, 3.63) is 23.1 Å². The molecule has 0 aromatic rings. The monoisotopic (exact) mass is 357 g/mol. The van der Waals surface area contributed by atoms with Crippen LogP contribution in [0.25, 0.3) is 0 Å². The predicted molar refractivity (Wildman–Crippen MR) is 106 cm³/mol. The van der Waals surface area contributed by atoms with Crippen molar-refractivity contribution in [1.29, 1.82) is 5.26 Å². The summed E-state index contributed by atoms with van der Waals surface area (Å²) in [6, 6.07) is 2.57. The normalized spacial score (nSPS) is 34.3. The number of hydrogen-bond acceptors (Lipinski definition) is 2. The average molecular weight is 358 g/mol. The average Bonchev–Trinajstić information content (AvgIpc) is 3.08. The van der Waals surface area contributed by atoms with Gasteiger partial charge in [-0.1, -0.05) is 44.8 Å². The summed E-state index contributed by atoms with van der Waals surface area (Å²) in [5.74, 6) is 2.95. The molecule has 2 nitrogen and oxygen atoms in total. The van der Waals surface area contributed by atoms with Gasteiger partial charge in [-0.3, -0.25) is 0 Å². The number of fused-ring (bicyclic) bond motifs is 2. The van der Waals surface area contributed by atoms with Gasteiger partial charge in [-0.25, -0.2) is 0 Å². The maximum absolute atomic E-state index is 9.75. The fraction of sp³-hybridized carbons (Fsp3) is 0.773. The van der Waals surface area contributed by atoms with E-state index in [1.165, 1.54) is 24.5 Å². The van der Waals surface area contributed by atoms with Crippen molar-refractivity contribution >= 4 is 8.07 Å². The second-order valence-electron chi connectivity index (χ2n) is 10.7. The van der Waals surface area contributed by atoms with Crippen LogP contribution in [0.15, 0.2) is 23.1 Å². The van der Waals surface area contributed by atoms with E-state index in [0.29, 0.717) is 6.10 Å². The Balaban J connectivity index is 1.85. The fourth-order valence-corrected chi connectivity index (χ4v) is 7.57. The molecule has 138 valence electrons. The zero-order valence-corrected chi connectivity index (χ0v) is 18.1. The molecule has 0 N–H and O–H groups in total. The van der Waals surface area contributed by atoms with Crippen LogP contribution in [0, 0.1) is 39.9 Å². The van der Waals surface area contributed by atoms with Crippen molar-refractivity contribution in [1.82, 2.24) is 0 Å². The molecule has 0 amide bonds. The Morgan fingerprint density at radius 3 is 2.40 bits per heavy atom. The molecule has 2 fully saturated rings. The van der Waals surface area contributed by atoms with Gasteiger partial charge in [0, 0.05) is 17.8 Å². The lowest BCUT2D eigenvalue weighted by atomic mass is 9.74. The Bertz CT molecular complexity index is 644. The minimum Gasteiger partial charge on any atom is -0.494 e. The first-order chi connectivity index (χ1) is 11.5. The molecule has 0 aromatic heterocycles. The molecule has 0 saturated heterocycles. The van der Waals surface area contributed by atoms with Crippen LogP contribution in [0.4, 0.5) is 0 Å². The summed E-state index contributed by atoms with van der Waals surface area (Å²) in [6.07, 6.45) is 9.81. The molecule has 4 atom stereocenters. The van der Waals surface area contributed by atoms with E-state index >= 15 is 0 Å². The predicted octanol–water partition coefficient (Wildman–Crippen LogP) is 6.09. The molecule has 3 aliphatic rings. The van der Waals surface area contributed by atoms with E-state index in [-0.39, 0.29) is 16.7 Å². The third-order valence-corrected chi connectivity index (χ3v) is 9.47. The zero-order chi connectivity index (χ0) is 18.6. The summed E-state index contributed by atoms with van der Waals surface area (Å²) >= 11 is 0. The number of nitrogens with zero attached hydrogens (tertiary/aromatic N) is 1. The molecule has 0 heterocycles. The van der Waals surface area contributed by atoms with Crippen LogP contribution in [-0.2, 0) is 4.74 Å². The lowest BCUT2D eigenvalue weighted by molar-refractivity contribution is -0.0281. The minimum atomic E-state index is -1.45. The molecule has 25 heavy (non-hydrogen) atoms. The third-order valence-electron chi connectivity index (χ3n) is 7.22. The van der Waals surface area contributed by atoms with E-state index in [2.05, 4.69) is 65.6 Å². The number of hydrogen-bond donors (Lipinski definition) is 0. The smallest absolute Gasteiger partial charge is 0.106 e. The number of rotatable bonds is 4. The van der Waals surface area contributed by atoms with Gasteiger partial charge in [0.25, 0.3) is 0 Å². The lowest BCUT2D eigenvalue weighted by Crippen LogP contribution is -2.40. The topological polar surface area (TPSA) is 33.0 Å². The first-order valence-electron chi connectivity index (χ1n) is 9.96. The maximum Gasteiger partial charge on any atom is 0.106 e. The van der Waals surface area contributed by atoms with Crippen LogP contribution in [0.5, 0.6) is 0 Å². The second kappa shape index (κ2) is 6.01. The lowest BCUT2D eigenvalue weighted by Gasteiger charge is -2.42. The van der Waals surface area contributed by atoms with Crippen molar-refractivity contribution in [2.24, 2.45) is 28.6 Å². The van der Waals surface area contributed by atoms with Crippen molar-refractivity contribution < 1.29 is 4.74 Å². The van der Waals surface area contributed by atoms with E-state index in [0.717, 1.165) is 24.0 Å². The number of ether oxygens (including phenoxy) is 1. The minimum absolute atomic E-state index is 0.283. The van der Waals surface area contributed by atoms with Crippen LogP contribution in [0.3, 0.4) is 0 Å². The van der Waals surface area contributed by atoms with Gasteiger partial charge in [0.1, 0.15) is 6.10 Å². The maximum atomic E-state index is 9.75.